The van der Waals surface area contributed by atoms with Crippen molar-refractivity contribution < 1.29 is 28.6 Å². The van der Waals surface area contributed by atoms with Crippen molar-refractivity contribution in [2.75, 3.05) is 13.7 Å². The summed E-state index contributed by atoms with van der Waals surface area (Å²) < 4.78 is 16.4. The molecule has 8 nitrogen and oxygen atoms in total. The van der Waals surface area contributed by atoms with E-state index in [1.165, 1.54) is 7.11 Å². The Kier molecular flexibility index (Phi) is 4.89. The third-order valence-electron chi connectivity index (χ3n) is 4.49. The zero-order valence-electron chi connectivity index (χ0n) is 14.8. The number of esters is 1. The molecule has 3 rings (SSSR count). The minimum absolute atomic E-state index is 0.0408. The predicted octanol–water partition coefficient (Wildman–Crippen LogP) is 1.85. The van der Waals surface area contributed by atoms with Crippen molar-refractivity contribution in [3.63, 3.8) is 0 Å². The van der Waals surface area contributed by atoms with Crippen LogP contribution >= 0.6 is 28.1 Å². The molecule has 0 aromatic heterocycles. The molecule has 2 amide bonds. The zero-order valence-corrected chi connectivity index (χ0v) is 17.2. The topological polar surface area (TPSA) is 94.2 Å². The van der Waals surface area contributed by atoms with E-state index in [0.717, 1.165) is 9.37 Å². The van der Waals surface area contributed by atoms with Crippen molar-refractivity contribution in [2.24, 2.45) is 0 Å². The van der Waals surface area contributed by atoms with E-state index in [0.29, 0.717) is 5.56 Å². The minimum atomic E-state index is -1.87. The van der Waals surface area contributed by atoms with E-state index < -0.39 is 35.2 Å². The summed E-state index contributed by atoms with van der Waals surface area (Å²) in [5.74, 6) is -1.52. The lowest BCUT2D eigenvalue weighted by atomic mass is 9.85. The summed E-state index contributed by atoms with van der Waals surface area (Å²) in [5.41, 5.74) is -2.40. The number of rotatable bonds is 3. The number of carbonyl (C=O) groups excluding carboxylic acids is 3. The SMILES string of the molecule is COC(=O)[C@@]1(c2ccc(Br)cc2)OC(=S)N[C@H]1C(=O)N1C(=O)OCC1(C)C. The first-order chi connectivity index (χ1) is 12.6. The molecule has 27 heavy (non-hydrogen) atoms. The number of cyclic esters (lactones) is 1. The fourth-order valence-electron chi connectivity index (χ4n) is 3.17. The molecule has 10 heteroatoms. The first kappa shape index (κ1) is 19.6. The van der Waals surface area contributed by atoms with Crippen LogP contribution in [0, 0.1) is 0 Å². The highest BCUT2D eigenvalue weighted by Crippen LogP contribution is 2.38. The van der Waals surface area contributed by atoms with E-state index in [1.807, 2.05) is 0 Å². The number of imide groups is 1. The molecule has 2 fully saturated rings. The Morgan fingerprint density at radius 3 is 2.48 bits per heavy atom. The Hall–Kier alpha value is -2.20. The van der Waals surface area contributed by atoms with Crippen molar-refractivity contribution in [2.45, 2.75) is 31.0 Å². The summed E-state index contributed by atoms with van der Waals surface area (Å²) in [6, 6.07) is 5.32. The Morgan fingerprint density at radius 2 is 1.96 bits per heavy atom. The second kappa shape index (κ2) is 6.75. The van der Waals surface area contributed by atoms with Gasteiger partial charge in [0.25, 0.3) is 16.7 Å². The van der Waals surface area contributed by atoms with Crippen LogP contribution in [-0.2, 0) is 29.4 Å². The minimum Gasteiger partial charge on any atom is -0.466 e. The third kappa shape index (κ3) is 3.06. The Bertz CT molecular complexity index is 827. The molecule has 144 valence electrons. The van der Waals surface area contributed by atoms with Gasteiger partial charge in [0.1, 0.15) is 6.61 Å². The lowest BCUT2D eigenvalue weighted by molar-refractivity contribution is -0.165. The molecule has 0 radical (unpaired) electrons. The maximum absolute atomic E-state index is 13.3. The fourth-order valence-corrected chi connectivity index (χ4v) is 3.69. The van der Waals surface area contributed by atoms with Gasteiger partial charge < -0.3 is 19.5 Å². The van der Waals surface area contributed by atoms with Crippen LogP contribution in [-0.4, -0.2) is 53.3 Å². The smallest absolute Gasteiger partial charge is 0.417 e. The van der Waals surface area contributed by atoms with Crippen molar-refractivity contribution in [1.29, 1.82) is 0 Å². The van der Waals surface area contributed by atoms with E-state index in [1.54, 1.807) is 38.1 Å². The van der Waals surface area contributed by atoms with Crippen molar-refractivity contribution in [3.8, 4) is 0 Å². The van der Waals surface area contributed by atoms with E-state index in [4.69, 9.17) is 26.4 Å². The summed E-state index contributed by atoms with van der Waals surface area (Å²) >= 11 is 8.40. The number of nitrogens with zero attached hydrogens (tertiary/aromatic N) is 1. The standard InChI is InChI=1S/C17H17BrN2O6S/c1-16(2)8-25-15(23)20(16)12(21)11-17(13(22)24-3,26-14(27)19-11)9-4-6-10(18)7-5-9/h4-7,11H,8H2,1-3H3,(H,19,27)/t11-,17-/m0/s1. The van der Waals surface area contributed by atoms with Gasteiger partial charge in [-0.2, -0.15) is 0 Å². The molecule has 1 N–H and O–H groups in total. The normalized spacial score (nSPS) is 26.2. The summed E-state index contributed by atoms with van der Waals surface area (Å²) in [6.07, 6.45) is -0.792. The molecule has 0 bridgehead atoms. The zero-order chi connectivity index (χ0) is 20.0. The third-order valence-corrected chi connectivity index (χ3v) is 5.22. The average Bonchev–Trinajstić information content (AvgIpc) is 3.11. The van der Waals surface area contributed by atoms with Crippen LogP contribution in [0.4, 0.5) is 4.79 Å². The van der Waals surface area contributed by atoms with Gasteiger partial charge in [-0.05, 0) is 38.2 Å². The monoisotopic (exact) mass is 456 g/mol. The predicted molar refractivity (Wildman–Crippen MR) is 101 cm³/mol. The van der Waals surface area contributed by atoms with Crippen LogP contribution in [0.5, 0.6) is 0 Å². The van der Waals surface area contributed by atoms with Crippen LogP contribution in [0.25, 0.3) is 0 Å². The average molecular weight is 457 g/mol. The highest BCUT2D eigenvalue weighted by molar-refractivity contribution is 9.10. The van der Waals surface area contributed by atoms with Crippen molar-refractivity contribution in [3.05, 3.63) is 34.3 Å². The van der Waals surface area contributed by atoms with E-state index in [9.17, 15) is 14.4 Å². The summed E-state index contributed by atoms with van der Waals surface area (Å²) in [4.78, 5) is 39.2. The lowest BCUT2D eigenvalue weighted by Gasteiger charge is -2.34. The van der Waals surface area contributed by atoms with Crippen molar-refractivity contribution >= 4 is 51.3 Å². The Labute approximate surface area is 169 Å². The molecule has 2 saturated heterocycles. The number of nitrogens with one attached hydrogen (secondary N) is 1. The first-order valence-corrected chi connectivity index (χ1v) is 9.18. The summed E-state index contributed by atoms with van der Waals surface area (Å²) in [7, 11) is 1.18. The van der Waals surface area contributed by atoms with Crippen LogP contribution in [0.1, 0.15) is 19.4 Å². The quantitative estimate of drug-likeness (QED) is 0.543. The van der Waals surface area contributed by atoms with Crippen LogP contribution in [0.15, 0.2) is 28.7 Å². The van der Waals surface area contributed by atoms with Gasteiger partial charge >= 0.3 is 12.1 Å². The number of carbonyl (C=O) groups is 3. The first-order valence-electron chi connectivity index (χ1n) is 7.98. The number of hydrogen-bond acceptors (Lipinski definition) is 7. The number of hydrogen-bond donors (Lipinski definition) is 1. The fraction of sp³-hybridized carbons (Fsp3) is 0.412. The number of benzene rings is 1. The van der Waals surface area contributed by atoms with E-state index in [-0.39, 0.29) is 11.8 Å². The van der Waals surface area contributed by atoms with Gasteiger partial charge in [0.05, 0.1) is 12.6 Å². The number of amides is 2. The van der Waals surface area contributed by atoms with Gasteiger partial charge in [0, 0.05) is 10.0 Å². The molecule has 0 unspecified atom stereocenters. The van der Waals surface area contributed by atoms with Gasteiger partial charge in [-0.15, -0.1) is 0 Å². The lowest BCUT2D eigenvalue weighted by Crippen LogP contribution is -2.60. The molecule has 0 spiro atoms. The molecule has 1 aromatic carbocycles. The second-order valence-electron chi connectivity index (χ2n) is 6.74. The van der Waals surface area contributed by atoms with Crippen LogP contribution in [0.2, 0.25) is 0 Å². The van der Waals surface area contributed by atoms with Gasteiger partial charge in [-0.3, -0.25) is 4.79 Å². The van der Waals surface area contributed by atoms with Gasteiger partial charge in [-0.25, -0.2) is 14.5 Å². The van der Waals surface area contributed by atoms with Gasteiger partial charge in [-0.1, -0.05) is 28.1 Å². The largest absolute Gasteiger partial charge is 0.466 e. The molecule has 2 aliphatic heterocycles. The number of halogens is 1. The number of methoxy groups -OCH3 is 1. The van der Waals surface area contributed by atoms with Crippen LogP contribution in [0.3, 0.4) is 0 Å². The second-order valence-corrected chi connectivity index (χ2v) is 8.03. The summed E-state index contributed by atoms with van der Waals surface area (Å²) in [5, 5.41) is 2.56. The highest BCUT2D eigenvalue weighted by Gasteiger charge is 2.62. The van der Waals surface area contributed by atoms with Crippen molar-refractivity contribution in [1.82, 2.24) is 10.2 Å². The molecular formula is C17H17BrN2O6S. The number of ether oxygens (including phenoxy) is 3. The molecule has 2 heterocycles. The maximum Gasteiger partial charge on any atom is 0.417 e. The van der Waals surface area contributed by atoms with E-state index in [2.05, 4.69) is 21.2 Å². The molecular weight excluding hydrogens is 440 g/mol. The van der Waals surface area contributed by atoms with E-state index >= 15 is 0 Å². The van der Waals surface area contributed by atoms with Gasteiger partial charge in [0.15, 0.2) is 6.04 Å². The Morgan fingerprint density at radius 1 is 1.33 bits per heavy atom. The van der Waals surface area contributed by atoms with Gasteiger partial charge in [0.2, 0.25) is 0 Å². The highest BCUT2D eigenvalue weighted by atomic mass is 79.9. The molecule has 0 aliphatic carbocycles. The molecule has 0 saturated carbocycles. The molecule has 2 atom stereocenters. The maximum atomic E-state index is 13.3. The summed E-state index contributed by atoms with van der Waals surface area (Å²) in [6.45, 7) is 3.41. The molecule has 1 aromatic rings. The molecule has 2 aliphatic rings. The van der Waals surface area contributed by atoms with Crippen LogP contribution < -0.4 is 5.32 Å². The Balaban J connectivity index is 2.12. The number of thiocarbonyl (C=S) groups is 1.